The van der Waals surface area contributed by atoms with Crippen molar-refractivity contribution in [3.05, 3.63) is 82.4 Å². The zero-order valence-corrected chi connectivity index (χ0v) is 25.8. The van der Waals surface area contributed by atoms with E-state index in [0.29, 0.717) is 54.0 Å². The summed E-state index contributed by atoms with van der Waals surface area (Å²) >= 11 is 0. The molecule has 3 aromatic rings. The second-order valence-electron chi connectivity index (χ2n) is 9.51. The predicted molar refractivity (Wildman–Crippen MR) is 163 cm³/mol. The summed E-state index contributed by atoms with van der Waals surface area (Å²) in [6.45, 7) is 8.19. The van der Waals surface area contributed by atoms with Crippen LogP contribution >= 0.6 is 15.2 Å². The van der Waals surface area contributed by atoms with E-state index in [1.807, 2.05) is 88.4 Å². The molecule has 7 nitrogen and oxygen atoms in total. The Bertz CT molecular complexity index is 1290. The molecule has 0 radical (unpaired) electrons. The molecule has 0 fully saturated rings. The molecule has 3 rings (SSSR count). The molecular weight excluding hydrogens is 546 g/mol. The fraction of sp³-hybridized carbons (Fsp3) is 0.419. The summed E-state index contributed by atoms with van der Waals surface area (Å²) in [4.78, 5) is 0. The van der Waals surface area contributed by atoms with Gasteiger partial charge in [-0.3, -0.25) is 9.13 Å². The molecule has 3 aromatic carbocycles. The zero-order valence-electron chi connectivity index (χ0n) is 24.0. The summed E-state index contributed by atoms with van der Waals surface area (Å²) in [5.41, 5.74) is 2.30. The molecule has 218 valence electrons. The van der Waals surface area contributed by atoms with Crippen molar-refractivity contribution in [2.75, 3.05) is 26.4 Å². The third-order valence-electron chi connectivity index (χ3n) is 6.07. The smallest absolute Gasteiger partial charge is 0.369 e. The lowest BCUT2D eigenvalue weighted by Crippen LogP contribution is -2.07. The Morgan fingerprint density at radius 3 is 1.62 bits per heavy atom. The van der Waals surface area contributed by atoms with E-state index in [4.69, 9.17) is 18.1 Å². The van der Waals surface area contributed by atoms with Gasteiger partial charge in [0.2, 0.25) is 0 Å². The van der Waals surface area contributed by atoms with Crippen LogP contribution in [0, 0.1) is 0 Å². The summed E-state index contributed by atoms with van der Waals surface area (Å²) in [6, 6.07) is 19.1. The van der Waals surface area contributed by atoms with E-state index in [9.17, 15) is 14.2 Å². The van der Waals surface area contributed by atoms with Crippen molar-refractivity contribution in [2.45, 2.75) is 59.8 Å². The average molecular weight is 589 g/mol. The molecule has 9 heteroatoms. The quantitative estimate of drug-likeness (QED) is 0.157. The molecule has 0 aliphatic carbocycles. The van der Waals surface area contributed by atoms with Gasteiger partial charge in [-0.05, 0) is 59.9 Å². The summed E-state index contributed by atoms with van der Waals surface area (Å²) in [6.07, 6.45) is 4.41. The predicted octanol–water partition coefficient (Wildman–Crippen LogP) is 9.53. The average Bonchev–Trinajstić information content (AvgIpc) is 2.98. The first kappa shape index (κ1) is 32.3. The third kappa shape index (κ3) is 8.16. The van der Waals surface area contributed by atoms with Crippen molar-refractivity contribution < 1.29 is 32.3 Å². The van der Waals surface area contributed by atoms with Crippen LogP contribution < -0.4 is 0 Å². The van der Waals surface area contributed by atoms with Gasteiger partial charge >= 0.3 is 15.2 Å². The number of phenolic OH excluding ortho intramolecular Hbond substituents is 1. The van der Waals surface area contributed by atoms with E-state index in [0.717, 1.165) is 5.56 Å². The van der Waals surface area contributed by atoms with Crippen LogP contribution in [0.2, 0.25) is 0 Å². The van der Waals surface area contributed by atoms with Gasteiger partial charge in [0.25, 0.3) is 0 Å². The minimum atomic E-state index is -4.12. The van der Waals surface area contributed by atoms with Crippen LogP contribution in [-0.4, -0.2) is 31.5 Å². The van der Waals surface area contributed by atoms with Gasteiger partial charge in [0, 0.05) is 11.8 Å². The maximum Gasteiger partial charge on any atom is 0.369 e. The monoisotopic (exact) mass is 588 g/mol. The maximum atomic E-state index is 14.5. The second kappa shape index (κ2) is 15.7. The number of phenols is 1. The maximum absolute atomic E-state index is 14.5. The third-order valence-corrected chi connectivity index (χ3v) is 11.0. The minimum absolute atomic E-state index is 0.120. The van der Waals surface area contributed by atoms with Crippen molar-refractivity contribution in [1.82, 2.24) is 0 Å². The minimum Gasteiger partial charge on any atom is -0.507 e. The molecule has 0 aliphatic heterocycles. The van der Waals surface area contributed by atoms with E-state index < -0.39 is 15.2 Å². The fourth-order valence-electron chi connectivity index (χ4n) is 4.15. The lowest BCUT2D eigenvalue weighted by Gasteiger charge is -2.27. The van der Waals surface area contributed by atoms with Crippen LogP contribution in [0.3, 0.4) is 0 Å². The number of fused-ring (bicyclic) bond motifs is 1. The number of hydrogen-bond donors (Lipinski definition) is 1. The topological polar surface area (TPSA) is 91.3 Å². The van der Waals surface area contributed by atoms with Crippen molar-refractivity contribution in [1.29, 1.82) is 0 Å². The molecule has 0 bridgehead atoms. The van der Waals surface area contributed by atoms with Gasteiger partial charge in [-0.15, -0.1) is 0 Å². The molecule has 0 spiro atoms. The standard InChI is InChI=1S/C31H42O7P2/c1-5-18-35-39(33,36-19-6-2)30(40(34,37-20-7-3)38-21-8-4)24-26-23-27(22-25-14-10-9-11-15-25)31(32)29-17-13-12-16-28(26)29/h9-17,23-24,32H,5-8,18-22H2,1-4H3. The summed E-state index contributed by atoms with van der Waals surface area (Å²) in [7, 11) is -8.23. The van der Waals surface area contributed by atoms with E-state index in [1.54, 1.807) is 6.08 Å². The molecular formula is C31H42O7P2. The van der Waals surface area contributed by atoms with Crippen LogP contribution in [0.25, 0.3) is 16.8 Å². The van der Waals surface area contributed by atoms with Gasteiger partial charge in [-0.1, -0.05) is 82.3 Å². The highest BCUT2D eigenvalue weighted by Crippen LogP contribution is 2.74. The molecule has 0 aliphatic rings. The van der Waals surface area contributed by atoms with Crippen LogP contribution in [0.4, 0.5) is 0 Å². The second-order valence-corrected chi connectivity index (χ2v) is 13.9. The first-order chi connectivity index (χ1) is 19.3. The van der Waals surface area contributed by atoms with Gasteiger partial charge in [0.1, 0.15) is 5.75 Å². The van der Waals surface area contributed by atoms with Gasteiger partial charge in [-0.25, -0.2) is 0 Å². The fourth-order valence-corrected chi connectivity index (χ4v) is 9.01. The van der Waals surface area contributed by atoms with Gasteiger partial charge in [0.05, 0.1) is 26.4 Å². The molecule has 40 heavy (non-hydrogen) atoms. The lowest BCUT2D eigenvalue weighted by atomic mass is 9.95. The summed E-state index contributed by atoms with van der Waals surface area (Å²) < 4.78 is 52.5. The zero-order chi connectivity index (χ0) is 29.0. The molecule has 0 atom stereocenters. The largest absolute Gasteiger partial charge is 0.507 e. The Balaban J connectivity index is 2.32. The Hall–Kier alpha value is -2.24. The van der Waals surface area contributed by atoms with E-state index >= 15 is 0 Å². The van der Waals surface area contributed by atoms with Crippen LogP contribution in [-0.2, 0) is 33.6 Å². The van der Waals surface area contributed by atoms with Crippen LogP contribution in [0.5, 0.6) is 5.75 Å². The van der Waals surface area contributed by atoms with Crippen molar-refractivity contribution in [3.8, 4) is 5.75 Å². The van der Waals surface area contributed by atoms with Gasteiger partial charge in [0.15, 0.2) is 5.06 Å². The number of rotatable bonds is 17. The molecule has 0 amide bonds. The van der Waals surface area contributed by atoms with Crippen molar-refractivity contribution in [3.63, 3.8) is 0 Å². The number of aromatic hydroxyl groups is 1. The highest BCUT2D eigenvalue weighted by molar-refractivity contribution is 7.79. The van der Waals surface area contributed by atoms with Gasteiger partial charge in [-0.2, -0.15) is 0 Å². The van der Waals surface area contributed by atoms with Gasteiger partial charge < -0.3 is 23.2 Å². The first-order valence-corrected chi connectivity index (χ1v) is 17.2. The van der Waals surface area contributed by atoms with Crippen molar-refractivity contribution in [2.24, 2.45) is 0 Å². The van der Waals surface area contributed by atoms with E-state index in [-0.39, 0.29) is 37.2 Å². The SMILES string of the molecule is CCCOP(=O)(OCCC)C(=Cc1cc(Cc2ccccc2)c(O)c2ccccc12)P(=O)(OCCC)OCCC. The Kier molecular flexibility index (Phi) is 12.6. The number of benzene rings is 3. The van der Waals surface area contributed by atoms with E-state index in [1.165, 1.54) is 0 Å². The van der Waals surface area contributed by atoms with Crippen molar-refractivity contribution >= 4 is 32.0 Å². The summed E-state index contributed by atoms with van der Waals surface area (Å²) in [5.74, 6) is 0.165. The molecule has 0 saturated carbocycles. The lowest BCUT2D eigenvalue weighted by molar-refractivity contribution is 0.199. The Morgan fingerprint density at radius 1 is 0.700 bits per heavy atom. The highest BCUT2D eigenvalue weighted by atomic mass is 31.2. The molecule has 0 saturated heterocycles. The molecule has 0 unspecified atom stereocenters. The van der Waals surface area contributed by atoms with Crippen LogP contribution in [0.15, 0.2) is 65.7 Å². The summed E-state index contributed by atoms with van der Waals surface area (Å²) in [5, 5.41) is 12.4. The Morgan fingerprint density at radius 2 is 1.15 bits per heavy atom. The molecule has 0 aromatic heterocycles. The number of hydrogen-bond acceptors (Lipinski definition) is 7. The highest BCUT2D eigenvalue weighted by Gasteiger charge is 2.45. The normalized spacial score (nSPS) is 12.1. The molecule has 0 heterocycles. The Labute approximate surface area is 238 Å². The van der Waals surface area contributed by atoms with E-state index in [2.05, 4.69) is 0 Å². The van der Waals surface area contributed by atoms with Crippen LogP contribution in [0.1, 0.15) is 70.1 Å². The molecule has 1 N–H and O–H groups in total. The first-order valence-electron chi connectivity index (χ1n) is 14.1.